The molecule has 0 heterocycles. The lowest BCUT2D eigenvalue weighted by Crippen LogP contribution is -2.33. The van der Waals surface area contributed by atoms with Gasteiger partial charge in [0, 0.05) is 6.54 Å². The number of amides is 1. The first-order valence-corrected chi connectivity index (χ1v) is 7.35. The first kappa shape index (κ1) is 18.7. The molecule has 0 radical (unpaired) electrons. The third-order valence-corrected chi connectivity index (χ3v) is 3.04. The summed E-state index contributed by atoms with van der Waals surface area (Å²) in [7, 11) is 1.61. The molecule has 0 saturated carbocycles. The Morgan fingerprint density at radius 3 is 2.61 bits per heavy atom. The van der Waals surface area contributed by atoms with E-state index in [2.05, 4.69) is 11.9 Å². The number of hydrogen-bond acceptors (Lipinski definition) is 5. The highest BCUT2D eigenvalue weighted by Gasteiger charge is 2.15. The van der Waals surface area contributed by atoms with Crippen molar-refractivity contribution in [3.8, 4) is 5.75 Å². The molecular weight excluding hydrogens is 298 g/mol. The Bertz CT molecular complexity index is 512. The molecule has 0 fully saturated rings. The minimum atomic E-state index is -0.722. The number of ether oxygens (including phenoxy) is 3. The smallest absolute Gasteiger partial charge is 0.335 e. The van der Waals surface area contributed by atoms with Crippen molar-refractivity contribution >= 4 is 11.9 Å². The fraction of sp³-hybridized carbons (Fsp3) is 0.412. The summed E-state index contributed by atoms with van der Waals surface area (Å²) in [6.45, 7) is 5.45. The molecule has 1 N–H and O–H groups in total. The van der Waals surface area contributed by atoms with Crippen LogP contribution in [0.2, 0.25) is 0 Å². The highest BCUT2D eigenvalue weighted by molar-refractivity contribution is 5.81. The van der Waals surface area contributed by atoms with E-state index in [1.807, 2.05) is 24.3 Å². The van der Waals surface area contributed by atoms with E-state index in [9.17, 15) is 9.59 Å². The van der Waals surface area contributed by atoms with E-state index in [-0.39, 0.29) is 19.1 Å². The Hall–Kier alpha value is -2.34. The van der Waals surface area contributed by atoms with Gasteiger partial charge >= 0.3 is 5.97 Å². The van der Waals surface area contributed by atoms with Gasteiger partial charge in [-0.1, -0.05) is 18.2 Å². The van der Waals surface area contributed by atoms with Gasteiger partial charge in [0.25, 0.3) is 5.91 Å². The molecule has 1 aromatic rings. The van der Waals surface area contributed by atoms with Gasteiger partial charge < -0.3 is 19.5 Å². The molecule has 1 amide bonds. The lowest BCUT2D eigenvalue weighted by Gasteiger charge is -2.11. The van der Waals surface area contributed by atoms with Crippen LogP contribution in [0.3, 0.4) is 0 Å². The monoisotopic (exact) mass is 321 g/mol. The van der Waals surface area contributed by atoms with Crippen LogP contribution >= 0.6 is 0 Å². The van der Waals surface area contributed by atoms with E-state index in [0.29, 0.717) is 13.0 Å². The summed E-state index contributed by atoms with van der Waals surface area (Å²) < 4.78 is 15.1. The zero-order chi connectivity index (χ0) is 17.1. The van der Waals surface area contributed by atoms with E-state index < -0.39 is 12.1 Å². The van der Waals surface area contributed by atoms with Crippen LogP contribution in [0.25, 0.3) is 0 Å². The zero-order valence-electron chi connectivity index (χ0n) is 13.5. The average molecular weight is 321 g/mol. The molecule has 0 saturated heterocycles. The van der Waals surface area contributed by atoms with Gasteiger partial charge in [-0.3, -0.25) is 4.79 Å². The van der Waals surface area contributed by atoms with E-state index >= 15 is 0 Å². The quantitative estimate of drug-likeness (QED) is 0.522. The fourth-order valence-corrected chi connectivity index (χ4v) is 1.72. The molecule has 0 aromatic heterocycles. The molecule has 6 heteroatoms. The summed E-state index contributed by atoms with van der Waals surface area (Å²) in [6, 6.07) is 7.60. The van der Waals surface area contributed by atoms with Crippen molar-refractivity contribution in [3.05, 3.63) is 42.5 Å². The molecule has 1 unspecified atom stereocenters. The maximum absolute atomic E-state index is 11.6. The SMILES string of the molecule is C=CCOC(C)C(=O)OCC(=O)NCCc1ccc(OC)cc1. The minimum Gasteiger partial charge on any atom is -0.497 e. The van der Waals surface area contributed by atoms with Gasteiger partial charge in [-0.15, -0.1) is 6.58 Å². The first-order valence-electron chi connectivity index (χ1n) is 7.35. The summed E-state index contributed by atoms with van der Waals surface area (Å²) in [5.74, 6) is -0.127. The molecule has 0 spiro atoms. The molecular formula is C17H23NO5. The standard InChI is InChI=1S/C17H23NO5/c1-4-11-22-13(2)17(20)23-12-16(19)18-10-9-14-5-7-15(21-3)8-6-14/h4-8,13H,1,9-12H2,2-3H3,(H,18,19). The van der Waals surface area contributed by atoms with E-state index in [0.717, 1.165) is 11.3 Å². The predicted octanol–water partition coefficient (Wildman–Crippen LogP) is 1.49. The number of benzene rings is 1. The summed E-state index contributed by atoms with van der Waals surface area (Å²) in [5.41, 5.74) is 1.08. The van der Waals surface area contributed by atoms with E-state index in [1.54, 1.807) is 14.0 Å². The summed E-state index contributed by atoms with van der Waals surface area (Å²) >= 11 is 0. The second kappa shape index (κ2) is 10.4. The Morgan fingerprint density at radius 1 is 1.30 bits per heavy atom. The fourth-order valence-electron chi connectivity index (χ4n) is 1.72. The maximum atomic E-state index is 11.6. The van der Waals surface area contributed by atoms with Gasteiger partial charge in [0.1, 0.15) is 5.75 Å². The van der Waals surface area contributed by atoms with Crippen LogP contribution < -0.4 is 10.1 Å². The van der Waals surface area contributed by atoms with Gasteiger partial charge in [0.15, 0.2) is 12.7 Å². The maximum Gasteiger partial charge on any atom is 0.335 e. The molecule has 0 aliphatic heterocycles. The largest absolute Gasteiger partial charge is 0.497 e. The molecule has 126 valence electrons. The number of carbonyl (C=O) groups is 2. The van der Waals surface area contributed by atoms with Crippen LogP contribution in [0.1, 0.15) is 12.5 Å². The molecule has 23 heavy (non-hydrogen) atoms. The normalized spacial score (nSPS) is 11.4. The zero-order valence-corrected chi connectivity index (χ0v) is 13.5. The van der Waals surface area contributed by atoms with Crippen molar-refractivity contribution in [1.82, 2.24) is 5.32 Å². The van der Waals surface area contributed by atoms with Crippen molar-refractivity contribution in [1.29, 1.82) is 0 Å². The molecule has 0 aliphatic carbocycles. The van der Waals surface area contributed by atoms with Crippen LogP contribution in [0.15, 0.2) is 36.9 Å². The summed E-state index contributed by atoms with van der Waals surface area (Å²) in [6.07, 6.45) is 1.50. The van der Waals surface area contributed by atoms with Crippen molar-refractivity contribution in [2.24, 2.45) is 0 Å². The summed E-state index contributed by atoms with van der Waals surface area (Å²) in [4.78, 5) is 23.1. The highest BCUT2D eigenvalue weighted by Crippen LogP contribution is 2.11. The van der Waals surface area contributed by atoms with Crippen LogP contribution in [0, 0.1) is 0 Å². The highest BCUT2D eigenvalue weighted by atomic mass is 16.6. The van der Waals surface area contributed by atoms with Crippen molar-refractivity contribution in [3.63, 3.8) is 0 Å². The van der Waals surface area contributed by atoms with E-state index in [1.165, 1.54) is 6.08 Å². The Morgan fingerprint density at radius 2 is 2.00 bits per heavy atom. The number of hydrogen-bond donors (Lipinski definition) is 1. The van der Waals surface area contributed by atoms with Crippen LogP contribution in [0.4, 0.5) is 0 Å². The lowest BCUT2D eigenvalue weighted by atomic mass is 10.1. The predicted molar refractivity (Wildman–Crippen MR) is 86.3 cm³/mol. The van der Waals surface area contributed by atoms with Crippen molar-refractivity contribution in [2.45, 2.75) is 19.4 Å². The second-order valence-corrected chi connectivity index (χ2v) is 4.82. The van der Waals surface area contributed by atoms with Crippen LogP contribution in [-0.4, -0.2) is 44.8 Å². The Labute approximate surface area is 136 Å². The van der Waals surface area contributed by atoms with Crippen molar-refractivity contribution < 1.29 is 23.8 Å². The van der Waals surface area contributed by atoms with Crippen LogP contribution in [-0.2, 0) is 25.5 Å². The number of carbonyl (C=O) groups excluding carboxylic acids is 2. The Balaban J connectivity index is 2.20. The minimum absolute atomic E-state index is 0.254. The first-order chi connectivity index (χ1) is 11.1. The molecule has 1 atom stereocenters. The van der Waals surface area contributed by atoms with Crippen LogP contribution in [0.5, 0.6) is 5.75 Å². The van der Waals surface area contributed by atoms with Gasteiger partial charge in [0.05, 0.1) is 13.7 Å². The Kier molecular flexibility index (Phi) is 8.46. The van der Waals surface area contributed by atoms with Gasteiger partial charge in [0.2, 0.25) is 0 Å². The molecule has 6 nitrogen and oxygen atoms in total. The number of nitrogens with one attached hydrogen (secondary N) is 1. The molecule has 0 bridgehead atoms. The molecule has 1 rings (SSSR count). The number of esters is 1. The second-order valence-electron chi connectivity index (χ2n) is 4.82. The van der Waals surface area contributed by atoms with Crippen molar-refractivity contribution in [2.75, 3.05) is 26.9 Å². The third kappa shape index (κ3) is 7.46. The molecule has 0 aliphatic rings. The molecule has 1 aromatic carbocycles. The van der Waals surface area contributed by atoms with Gasteiger partial charge in [-0.2, -0.15) is 0 Å². The van der Waals surface area contributed by atoms with Gasteiger partial charge in [-0.25, -0.2) is 4.79 Å². The third-order valence-electron chi connectivity index (χ3n) is 3.04. The number of rotatable bonds is 10. The topological polar surface area (TPSA) is 73.9 Å². The van der Waals surface area contributed by atoms with E-state index in [4.69, 9.17) is 14.2 Å². The van der Waals surface area contributed by atoms with Gasteiger partial charge in [-0.05, 0) is 31.0 Å². The average Bonchev–Trinajstić information content (AvgIpc) is 2.58. The number of methoxy groups -OCH3 is 1. The summed E-state index contributed by atoms with van der Waals surface area (Å²) in [5, 5.41) is 2.69. The lowest BCUT2D eigenvalue weighted by molar-refractivity contribution is -0.158.